The summed E-state index contributed by atoms with van der Waals surface area (Å²) in [6, 6.07) is 0. The smallest absolute Gasteiger partial charge is 0.338 e. The van der Waals surface area contributed by atoms with Crippen molar-refractivity contribution >= 4 is 11.9 Å². The first-order valence-electron chi connectivity index (χ1n) is 6.02. The first-order chi connectivity index (χ1) is 8.21. The maximum atomic E-state index is 11.9. The van der Waals surface area contributed by atoms with Crippen LogP contribution in [0.25, 0.3) is 0 Å². The van der Waals surface area contributed by atoms with Crippen LogP contribution in [-0.2, 0) is 23.8 Å². The van der Waals surface area contributed by atoms with Gasteiger partial charge in [0, 0.05) is 13.5 Å². The molecule has 1 heterocycles. The summed E-state index contributed by atoms with van der Waals surface area (Å²) in [5, 5.41) is 2.61. The van der Waals surface area contributed by atoms with E-state index < -0.39 is 24.0 Å². The molecule has 1 N–H and O–H groups in total. The van der Waals surface area contributed by atoms with Crippen LogP contribution in [0.4, 0.5) is 0 Å². The molecule has 6 nitrogen and oxygen atoms in total. The molecule has 0 spiro atoms. The van der Waals surface area contributed by atoms with Gasteiger partial charge >= 0.3 is 5.97 Å². The molecule has 2 atom stereocenters. The first kappa shape index (κ1) is 14.9. The summed E-state index contributed by atoms with van der Waals surface area (Å²) in [6.45, 7) is 8.59. The molecular weight excluding hydrogens is 238 g/mol. The lowest BCUT2D eigenvalue weighted by atomic mass is 10.2. The molecule has 18 heavy (non-hydrogen) atoms. The Bertz CT molecular complexity index is 326. The lowest BCUT2D eigenvalue weighted by Crippen LogP contribution is -2.41. The predicted molar refractivity (Wildman–Crippen MR) is 63.7 cm³/mol. The van der Waals surface area contributed by atoms with Crippen LogP contribution in [0.5, 0.6) is 0 Å². The van der Waals surface area contributed by atoms with E-state index in [4.69, 9.17) is 14.2 Å². The fourth-order valence-corrected chi connectivity index (χ4v) is 1.73. The number of ether oxygens (including phenoxy) is 3. The van der Waals surface area contributed by atoms with Crippen LogP contribution in [0.2, 0.25) is 0 Å². The lowest BCUT2D eigenvalue weighted by Gasteiger charge is -2.17. The van der Waals surface area contributed by atoms with E-state index in [-0.39, 0.29) is 18.6 Å². The highest BCUT2D eigenvalue weighted by Crippen LogP contribution is 2.28. The van der Waals surface area contributed by atoms with Crippen molar-refractivity contribution in [2.45, 2.75) is 58.7 Å². The van der Waals surface area contributed by atoms with Crippen LogP contribution in [-0.4, -0.2) is 42.5 Å². The van der Waals surface area contributed by atoms with Crippen LogP contribution >= 0.6 is 0 Å². The van der Waals surface area contributed by atoms with E-state index >= 15 is 0 Å². The highest BCUT2D eigenvalue weighted by molar-refractivity contribution is 5.76. The summed E-state index contributed by atoms with van der Waals surface area (Å²) in [5.41, 5.74) is 0. The van der Waals surface area contributed by atoms with Crippen LogP contribution in [0.15, 0.2) is 0 Å². The zero-order valence-corrected chi connectivity index (χ0v) is 11.5. The van der Waals surface area contributed by atoms with Crippen LogP contribution in [0.1, 0.15) is 34.6 Å². The van der Waals surface area contributed by atoms with Gasteiger partial charge in [0.25, 0.3) is 0 Å². The Morgan fingerprint density at radius 3 is 2.44 bits per heavy atom. The fourth-order valence-electron chi connectivity index (χ4n) is 1.73. The molecule has 6 heteroatoms. The molecular formula is C12H21NO5. The van der Waals surface area contributed by atoms with Crippen molar-refractivity contribution in [1.29, 1.82) is 0 Å². The number of nitrogens with one attached hydrogen (secondary N) is 1. The molecule has 1 amide bonds. The summed E-state index contributed by atoms with van der Waals surface area (Å²) >= 11 is 0. The van der Waals surface area contributed by atoms with Crippen molar-refractivity contribution in [3.05, 3.63) is 0 Å². The summed E-state index contributed by atoms with van der Waals surface area (Å²) in [5.74, 6) is -1.51. The predicted octanol–water partition coefficient (Wildman–Crippen LogP) is 0.594. The largest absolute Gasteiger partial charge is 0.461 e. The van der Waals surface area contributed by atoms with E-state index in [9.17, 15) is 9.59 Å². The maximum absolute atomic E-state index is 11.9. The minimum absolute atomic E-state index is 0.181. The van der Waals surface area contributed by atoms with Crippen molar-refractivity contribution in [3.63, 3.8) is 0 Å². The van der Waals surface area contributed by atoms with Gasteiger partial charge in [0.2, 0.25) is 5.91 Å². The second-order valence-electron chi connectivity index (χ2n) is 5.02. The SMILES string of the molecule is CC(=O)NC[C@@H]1OC(C)(C)O[C@H]1C(=O)OC(C)C. The molecule has 0 aromatic heterocycles. The zero-order chi connectivity index (χ0) is 13.9. The molecule has 0 radical (unpaired) electrons. The summed E-state index contributed by atoms with van der Waals surface area (Å²) < 4.78 is 16.2. The average Bonchev–Trinajstić information content (AvgIpc) is 2.50. The second-order valence-corrected chi connectivity index (χ2v) is 5.02. The van der Waals surface area contributed by atoms with Crippen LogP contribution in [0.3, 0.4) is 0 Å². The van der Waals surface area contributed by atoms with Crippen LogP contribution in [0, 0.1) is 0 Å². The number of esters is 1. The Balaban J connectivity index is 2.66. The molecule has 0 aliphatic carbocycles. The zero-order valence-electron chi connectivity index (χ0n) is 11.5. The lowest BCUT2D eigenvalue weighted by molar-refractivity contribution is -0.173. The number of rotatable bonds is 4. The molecule has 0 unspecified atom stereocenters. The summed E-state index contributed by atoms with van der Waals surface area (Å²) in [6.07, 6.45) is -1.56. The van der Waals surface area contributed by atoms with Gasteiger partial charge in [-0.25, -0.2) is 4.79 Å². The third-order valence-electron chi connectivity index (χ3n) is 2.32. The van der Waals surface area contributed by atoms with Crippen molar-refractivity contribution in [3.8, 4) is 0 Å². The Hall–Kier alpha value is -1.14. The van der Waals surface area contributed by atoms with Gasteiger partial charge in [0.1, 0.15) is 6.10 Å². The number of carbonyl (C=O) groups is 2. The number of hydrogen-bond acceptors (Lipinski definition) is 5. The molecule has 0 bridgehead atoms. The van der Waals surface area contributed by atoms with Gasteiger partial charge in [-0.05, 0) is 27.7 Å². The molecule has 1 aliphatic rings. The molecule has 104 valence electrons. The second kappa shape index (κ2) is 5.67. The monoisotopic (exact) mass is 259 g/mol. The third kappa shape index (κ3) is 4.27. The van der Waals surface area contributed by atoms with Gasteiger partial charge in [0.05, 0.1) is 6.10 Å². The normalized spacial score (nSPS) is 26.1. The Kier molecular flexibility index (Phi) is 4.70. The third-order valence-corrected chi connectivity index (χ3v) is 2.32. The molecule has 1 fully saturated rings. The van der Waals surface area contributed by atoms with Crippen molar-refractivity contribution < 1.29 is 23.8 Å². The van der Waals surface area contributed by atoms with Crippen molar-refractivity contribution in [2.75, 3.05) is 6.54 Å². The Morgan fingerprint density at radius 2 is 1.94 bits per heavy atom. The molecule has 0 aromatic carbocycles. The molecule has 1 aliphatic heterocycles. The van der Waals surface area contributed by atoms with Crippen molar-refractivity contribution in [2.24, 2.45) is 0 Å². The first-order valence-corrected chi connectivity index (χ1v) is 6.02. The van der Waals surface area contributed by atoms with Gasteiger partial charge < -0.3 is 19.5 Å². The molecule has 0 aromatic rings. The molecule has 1 rings (SSSR count). The molecule has 0 saturated carbocycles. The standard InChI is InChI=1S/C12H21NO5/c1-7(2)16-11(15)10-9(6-13-8(3)14)17-12(4,5)18-10/h7,9-10H,6H2,1-5H3,(H,13,14)/t9-,10+/m0/s1. The Labute approximate surface area is 107 Å². The van der Waals surface area contributed by atoms with Crippen LogP contribution < -0.4 is 5.32 Å². The van der Waals surface area contributed by atoms with E-state index in [1.807, 2.05) is 0 Å². The fraction of sp³-hybridized carbons (Fsp3) is 0.833. The highest BCUT2D eigenvalue weighted by Gasteiger charge is 2.46. The van der Waals surface area contributed by atoms with E-state index in [1.54, 1.807) is 27.7 Å². The average molecular weight is 259 g/mol. The summed E-state index contributed by atoms with van der Waals surface area (Å²) in [7, 11) is 0. The van der Waals surface area contributed by atoms with Gasteiger partial charge in [0.15, 0.2) is 11.9 Å². The van der Waals surface area contributed by atoms with Gasteiger partial charge in [-0.2, -0.15) is 0 Å². The maximum Gasteiger partial charge on any atom is 0.338 e. The topological polar surface area (TPSA) is 73.9 Å². The van der Waals surface area contributed by atoms with E-state index in [0.29, 0.717) is 0 Å². The number of amides is 1. The molecule has 1 saturated heterocycles. The van der Waals surface area contributed by atoms with E-state index in [1.165, 1.54) is 6.92 Å². The van der Waals surface area contributed by atoms with E-state index in [2.05, 4.69) is 5.32 Å². The van der Waals surface area contributed by atoms with Gasteiger partial charge in [-0.15, -0.1) is 0 Å². The van der Waals surface area contributed by atoms with Gasteiger partial charge in [-0.1, -0.05) is 0 Å². The number of carbonyl (C=O) groups excluding carboxylic acids is 2. The van der Waals surface area contributed by atoms with Gasteiger partial charge in [-0.3, -0.25) is 4.79 Å². The van der Waals surface area contributed by atoms with Crippen molar-refractivity contribution in [1.82, 2.24) is 5.32 Å². The minimum Gasteiger partial charge on any atom is -0.461 e. The highest BCUT2D eigenvalue weighted by atomic mass is 16.8. The minimum atomic E-state index is -0.857. The van der Waals surface area contributed by atoms with E-state index in [0.717, 1.165) is 0 Å². The number of hydrogen-bond donors (Lipinski definition) is 1. The summed E-state index contributed by atoms with van der Waals surface area (Å²) in [4.78, 5) is 22.8. The quantitative estimate of drug-likeness (QED) is 0.748. The Morgan fingerprint density at radius 1 is 1.33 bits per heavy atom.